The Labute approximate surface area is 107 Å². The Hall–Kier alpha value is -0.853. The van der Waals surface area contributed by atoms with Gasteiger partial charge in [0.2, 0.25) is 5.78 Å². The molecule has 0 aliphatic heterocycles. The highest BCUT2D eigenvalue weighted by molar-refractivity contribution is 6.74. The third-order valence-corrected chi connectivity index (χ3v) is 7.59. The van der Waals surface area contributed by atoms with E-state index in [0.29, 0.717) is 6.42 Å². The summed E-state index contributed by atoms with van der Waals surface area (Å²) in [5.41, 5.74) is 0. The summed E-state index contributed by atoms with van der Waals surface area (Å²) in [6.07, 6.45) is 2.23. The first-order valence-corrected chi connectivity index (χ1v) is 8.81. The summed E-state index contributed by atoms with van der Waals surface area (Å²) >= 11 is 0. The Morgan fingerprint density at radius 3 is 2.35 bits per heavy atom. The second kappa shape index (κ2) is 6.18. The Balaban J connectivity index is 4.58. The van der Waals surface area contributed by atoms with Gasteiger partial charge in [-0.3, -0.25) is 4.79 Å². The summed E-state index contributed by atoms with van der Waals surface area (Å²) in [7, 11) is -1.79. The number of rotatable bonds is 4. The Kier molecular flexibility index (Phi) is 5.87. The lowest BCUT2D eigenvalue weighted by molar-refractivity contribution is -0.111. The molecule has 0 bridgehead atoms. The fraction of sp³-hybridized carbons (Fsp3) is 0.643. The van der Waals surface area contributed by atoms with Crippen LogP contribution in [0.1, 0.15) is 34.1 Å². The highest BCUT2D eigenvalue weighted by Gasteiger charge is 2.38. The van der Waals surface area contributed by atoms with Crippen molar-refractivity contribution in [1.82, 2.24) is 0 Å². The molecule has 0 spiro atoms. The molecule has 0 aromatic heterocycles. The summed E-state index contributed by atoms with van der Waals surface area (Å²) in [5, 5.41) is 0.169. The first-order valence-electron chi connectivity index (χ1n) is 5.90. The second-order valence-electron chi connectivity index (χ2n) is 5.71. The Morgan fingerprint density at radius 2 is 2.00 bits per heavy atom. The third-order valence-electron chi connectivity index (χ3n) is 3.08. The molecule has 0 fully saturated rings. The average Bonchev–Trinajstić information content (AvgIpc) is 2.13. The molecule has 17 heavy (non-hydrogen) atoms. The maximum Gasteiger partial charge on any atom is 0.202 e. The lowest BCUT2D eigenvalue weighted by Crippen LogP contribution is -2.43. The standard InChI is InChI=1S/C14H24O2Si/c1-8-13(11-9-10-12(2)15)16-17(6,7)14(3,4)5/h8,13H,1,11H2,2-7H3. The van der Waals surface area contributed by atoms with Gasteiger partial charge in [0, 0.05) is 13.3 Å². The maximum absolute atomic E-state index is 10.7. The van der Waals surface area contributed by atoms with Crippen LogP contribution in [0.4, 0.5) is 0 Å². The van der Waals surface area contributed by atoms with Crippen LogP contribution in [-0.4, -0.2) is 20.2 Å². The number of Topliss-reactive ketones (excluding diaryl/α,β-unsaturated/α-hetero) is 1. The molecule has 0 aromatic rings. The number of hydrogen-bond donors (Lipinski definition) is 0. The zero-order valence-corrected chi connectivity index (χ0v) is 12.9. The van der Waals surface area contributed by atoms with Crippen LogP contribution in [0.5, 0.6) is 0 Å². The van der Waals surface area contributed by atoms with Crippen molar-refractivity contribution in [3.63, 3.8) is 0 Å². The quantitative estimate of drug-likeness (QED) is 0.331. The molecule has 0 N–H and O–H groups in total. The van der Waals surface area contributed by atoms with Crippen molar-refractivity contribution in [3.05, 3.63) is 12.7 Å². The van der Waals surface area contributed by atoms with Crippen LogP contribution in [0.2, 0.25) is 18.1 Å². The van der Waals surface area contributed by atoms with Crippen LogP contribution in [0.25, 0.3) is 0 Å². The van der Waals surface area contributed by atoms with Gasteiger partial charge >= 0.3 is 0 Å². The van der Waals surface area contributed by atoms with E-state index in [1.54, 1.807) is 6.08 Å². The number of carbonyl (C=O) groups is 1. The van der Waals surface area contributed by atoms with Gasteiger partial charge < -0.3 is 4.43 Å². The molecule has 0 saturated carbocycles. The Morgan fingerprint density at radius 1 is 1.47 bits per heavy atom. The van der Waals surface area contributed by atoms with E-state index in [1.165, 1.54) is 6.92 Å². The fourth-order valence-corrected chi connectivity index (χ4v) is 2.29. The van der Waals surface area contributed by atoms with Gasteiger partial charge in [-0.15, -0.1) is 6.58 Å². The number of carbonyl (C=O) groups excluding carboxylic acids is 1. The van der Waals surface area contributed by atoms with Gasteiger partial charge in [0.05, 0.1) is 6.10 Å². The molecule has 96 valence electrons. The SMILES string of the molecule is C=CC(CC#CC(C)=O)O[Si](C)(C)C(C)(C)C. The molecule has 0 rings (SSSR count). The first kappa shape index (κ1) is 16.1. The molecule has 0 radical (unpaired) electrons. The van der Waals surface area contributed by atoms with Crippen molar-refractivity contribution in [2.75, 3.05) is 0 Å². The molecule has 3 heteroatoms. The van der Waals surface area contributed by atoms with Gasteiger partial charge in [-0.25, -0.2) is 0 Å². The van der Waals surface area contributed by atoms with E-state index in [9.17, 15) is 4.79 Å². The van der Waals surface area contributed by atoms with E-state index in [0.717, 1.165) is 0 Å². The zero-order valence-electron chi connectivity index (χ0n) is 11.9. The van der Waals surface area contributed by atoms with Gasteiger partial charge in [-0.2, -0.15) is 0 Å². The summed E-state index contributed by atoms with van der Waals surface area (Å²) in [4.78, 5) is 10.7. The molecule has 0 saturated heterocycles. The largest absolute Gasteiger partial charge is 0.410 e. The smallest absolute Gasteiger partial charge is 0.202 e. The van der Waals surface area contributed by atoms with Gasteiger partial charge in [0.15, 0.2) is 8.32 Å². The van der Waals surface area contributed by atoms with Crippen LogP contribution >= 0.6 is 0 Å². The van der Waals surface area contributed by atoms with Crippen molar-refractivity contribution in [2.24, 2.45) is 0 Å². The summed E-state index contributed by atoms with van der Waals surface area (Å²) in [6.45, 7) is 16.2. The van der Waals surface area contributed by atoms with Crippen molar-refractivity contribution in [2.45, 2.75) is 58.4 Å². The van der Waals surface area contributed by atoms with E-state index in [4.69, 9.17) is 4.43 Å². The van der Waals surface area contributed by atoms with Gasteiger partial charge in [-0.05, 0) is 24.1 Å². The van der Waals surface area contributed by atoms with Crippen LogP contribution in [-0.2, 0) is 9.22 Å². The molecule has 0 heterocycles. The molecular weight excluding hydrogens is 228 g/mol. The van der Waals surface area contributed by atoms with Crippen LogP contribution in [0.3, 0.4) is 0 Å². The van der Waals surface area contributed by atoms with Gasteiger partial charge in [0.25, 0.3) is 0 Å². The maximum atomic E-state index is 10.7. The minimum atomic E-state index is -1.79. The minimum Gasteiger partial charge on any atom is -0.410 e. The molecule has 1 atom stereocenters. The van der Waals surface area contributed by atoms with Crippen LogP contribution in [0, 0.1) is 11.8 Å². The van der Waals surface area contributed by atoms with E-state index in [1.807, 2.05) is 0 Å². The minimum absolute atomic E-state index is 0.0808. The predicted octanol–water partition coefficient (Wildman–Crippen LogP) is 3.55. The molecule has 1 unspecified atom stereocenters. The van der Waals surface area contributed by atoms with Crippen LogP contribution in [0.15, 0.2) is 12.7 Å². The topological polar surface area (TPSA) is 26.3 Å². The molecule has 0 aliphatic carbocycles. The highest BCUT2D eigenvalue weighted by atomic mass is 28.4. The monoisotopic (exact) mass is 252 g/mol. The fourth-order valence-electron chi connectivity index (χ4n) is 1.00. The van der Waals surface area contributed by atoms with Gasteiger partial charge in [0.1, 0.15) is 0 Å². The van der Waals surface area contributed by atoms with Crippen molar-refractivity contribution >= 4 is 14.1 Å². The van der Waals surface area contributed by atoms with Crippen LogP contribution < -0.4 is 0 Å². The highest BCUT2D eigenvalue weighted by Crippen LogP contribution is 2.37. The zero-order chi connectivity index (χ0) is 13.7. The van der Waals surface area contributed by atoms with Crippen molar-refractivity contribution in [1.29, 1.82) is 0 Å². The van der Waals surface area contributed by atoms with E-state index in [-0.39, 0.29) is 16.9 Å². The predicted molar refractivity (Wildman–Crippen MR) is 75.3 cm³/mol. The molecular formula is C14H24O2Si. The summed E-state index contributed by atoms with van der Waals surface area (Å²) in [6, 6.07) is 0. The van der Waals surface area contributed by atoms with E-state index < -0.39 is 8.32 Å². The molecule has 0 aliphatic rings. The van der Waals surface area contributed by atoms with E-state index >= 15 is 0 Å². The normalized spacial score (nSPS) is 13.5. The summed E-state index contributed by atoms with van der Waals surface area (Å²) in [5.74, 6) is 5.26. The second-order valence-corrected chi connectivity index (χ2v) is 10.5. The number of ketones is 1. The Bertz CT molecular complexity index is 339. The first-order chi connectivity index (χ1) is 7.60. The van der Waals surface area contributed by atoms with Gasteiger partial charge in [-0.1, -0.05) is 32.8 Å². The lowest BCUT2D eigenvalue weighted by Gasteiger charge is -2.38. The average molecular weight is 252 g/mol. The lowest BCUT2D eigenvalue weighted by atomic mass is 10.2. The van der Waals surface area contributed by atoms with E-state index in [2.05, 4.69) is 52.3 Å². The molecule has 0 aromatic carbocycles. The van der Waals surface area contributed by atoms with Crippen molar-refractivity contribution in [3.8, 4) is 11.8 Å². The number of hydrogen-bond acceptors (Lipinski definition) is 2. The molecule has 2 nitrogen and oxygen atoms in total. The third kappa shape index (κ3) is 5.85. The van der Waals surface area contributed by atoms with Crippen molar-refractivity contribution < 1.29 is 9.22 Å². The summed E-state index contributed by atoms with van der Waals surface area (Å²) < 4.78 is 6.14. The molecule has 0 amide bonds.